The van der Waals surface area contributed by atoms with Gasteiger partial charge in [-0.15, -0.1) is 12.6 Å². The number of esters is 1. The number of carbonyl (C=O) groups is 1. The average Bonchev–Trinajstić information content (AvgIpc) is 2.19. The molecule has 0 amide bonds. The second-order valence-electron chi connectivity index (χ2n) is 2.30. The molecule has 0 heterocycles. The summed E-state index contributed by atoms with van der Waals surface area (Å²) in [5.41, 5.74) is 4.90. The van der Waals surface area contributed by atoms with E-state index in [0.29, 0.717) is 0 Å². The number of hydrogen-bond acceptors (Lipinski definition) is 6. The summed E-state index contributed by atoms with van der Waals surface area (Å²) in [5, 5.41) is 17.2. The molecular formula is C9H9N3O2S. The Bertz CT molecular complexity index is 395. The lowest BCUT2D eigenvalue weighted by molar-refractivity contribution is -0.138. The monoisotopic (exact) mass is 223 g/mol. The Balaban J connectivity index is 5.10. The number of nitrogens with zero attached hydrogens (tertiary/aromatic N) is 2. The first kappa shape index (κ1) is 13.1. The minimum Gasteiger partial charge on any atom is -0.462 e. The van der Waals surface area contributed by atoms with Crippen molar-refractivity contribution in [3.8, 4) is 12.1 Å². The first-order chi connectivity index (χ1) is 7.06. The van der Waals surface area contributed by atoms with Crippen LogP contribution in [0.1, 0.15) is 6.92 Å². The zero-order valence-electron chi connectivity index (χ0n) is 8.02. The van der Waals surface area contributed by atoms with E-state index >= 15 is 0 Å². The van der Waals surface area contributed by atoms with Crippen LogP contribution < -0.4 is 5.73 Å². The van der Waals surface area contributed by atoms with Crippen molar-refractivity contribution in [2.75, 3.05) is 6.61 Å². The van der Waals surface area contributed by atoms with Crippen molar-refractivity contribution in [1.29, 1.82) is 10.5 Å². The van der Waals surface area contributed by atoms with Crippen LogP contribution in [0.2, 0.25) is 0 Å². The van der Waals surface area contributed by atoms with E-state index in [1.165, 1.54) is 0 Å². The van der Waals surface area contributed by atoms with Gasteiger partial charge in [-0.1, -0.05) is 0 Å². The minimum atomic E-state index is -0.790. The molecular weight excluding hydrogens is 214 g/mol. The van der Waals surface area contributed by atoms with Gasteiger partial charge in [-0.3, -0.25) is 0 Å². The van der Waals surface area contributed by atoms with Crippen LogP contribution in [0, 0.1) is 22.7 Å². The van der Waals surface area contributed by atoms with E-state index in [1.54, 1.807) is 19.1 Å². The van der Waals surface area contributed by atoms with E-state index in [0.717, 1.165) is 6.08 Å². The lowest BCUT2D eigenvalue weighted by Crippen LogP contribution is -2.07. The summed E-state index contributed by atoms with van der Waals surface area (Å²) in [5.74, 6) is -0.790. The number of nitrogens with two attached hydrogens (primary N) is 1. The molecule has 0 aliphatic carbocycles. The van der Waals surface area contributed by atoms with Gasteiger partial charge in [-0.05, 0) is 13.0 Å². The van der Waals surface area contributed by atoms with Crippen molar-refractivity contribution >= 4 is 18.6 Å². The van der Waals surface area contributed by atoms with Gasteiger partial charge in [0.1, 0.15) is 17.7 Å². The Labute approximate surface area is 92.8 Å². The minimum absolute atomic E-state index is 0.0528. The van der Waals surface area contributed by atoms with Gasteiger partial charge in [-0.2, -0.15) is 10.5 Å². The van der Waals surface area contributed by atoms with E-state index in [-0.39, 0.29) is 22.8 Å². The van der Waals surface area contributed by atoms with Crippen LogP contribution in [-0.2, 0) is 9.53 Å². The lowest BCUT2D eigenvalue weighted by Gasteiger charge is -1.99. The van der Waals surface area contributed by atoms with Crippen LogP contribution in [0.3, 0.4) is 0 Å². The Hall–Kier alpha value is -1.92. The molecule has 0 saturated carbocycles. The van der Waals surface area contributed by atoms with Gasteiger partial charge in [-0.25, -0.2) is 4.79 Å². The highest BCUT2D eigenvalue weighted by molar-refractivity contribution is 7.84. The van der Waals surface area contributed by atoms with Crippen LogP contribution in [-0.4, -0.2) is 12.6 Å². The van der Waals surface area contributed by atoms with Crippen molar-refractivity contribution in [2.24, 2.45) is 5.73 Å². The number of allylic oxidation sites excluding steroid dienone is 2. The number of rotatable bonds is 3. The molecule has 2 N–H and O–H groups in total. The second kappa shape index (κ2) is 6.52. The standard InChI is InChI=1S/C9H9N3O2S/c1-2-14-9(13)7(5-11)3-6(4-10)8(12)15/h3,15H,2,12H2,1H3/b7-3+,8-6-. The number of nitriles is 2. The molecule has 0 spiro atoms. The Kier molecular flexibility index (Phi) is 5.69. The molecule has 0 saturated heterocycles. The van der Waals surface area contributed by atoms with Gasteiger partial charge in [0, 0.05) is 0 Å². The highest BCUT2D eigenvalue weighted by Crippen LogP contribution is 2.08. The largest absolute Gasteiger partial charge is 0.462 e. The smallest absolute Gasteiger partial charge is 0.348 e. The second-order valence-corrected chi connectivity index (χ2v) is 2.78. The molecule has 6 heteroatoms. The van der Waals surface area contributed by atoms with E-state index in [9.17, 15) is 4.79 Å². The molecule has 0 rings (SSSR count). The van der Waals surface area contributed by atoms with Crippen LogP contribution in [0.4, 0.5) is 0 Å². The fourth-order valence-electron chi connectivity index (χ4n) is 0.654. The zero-order valence-corrected chi connectivity index (χ0v) is 8.91. The fourth-order valence-corrected chi connectivity index (χ4v) is 0.768. The molecule has 0 atom stereocenters. The Morgan fingerprint density at radius 1 is 1.53 bits per heavy atom. The number of ether oxygens (including phenoxy) is 1. The van der Waals surface area contributed by atoms with Gasteiger partial charge in [0.05, 0.1) is 17.2 Å². The third-order valence-corrected chi connectivity index (χ3v) is 1.54. The van der Waals surface area contributed by atoms with Gasteiger partial charge in [0.15, 0.2) is 0 Å². The summed E-state index contributed by atoms with van der Waals surface area (Å²) in [6, 6.07) is 3.32. The predicted molar refractivity (Wildman–Crippen MR) is 56.1 cm³/mol. The van der Waals surface area contributed by atoms with Crippen molar-refractivity contribution < 1.29 is 9.53 Å². The average molecular weight is 223 g/mol. The summed E-state index contributed by atoms with van der Waals surface area (Å²) >= 11 is 3.74. The zero-order chi connectivity index (χ0) is 11.8. The molecule has 0 aromatic carbocycles. The SMILES string of the molecule is CCOC(=O)/C(C#N)=C/C(C#N)=C(\N)S. The predicted octanol–water partition coefficient (Wildman–Crippen LogP) is 0.623. The highest BCUT2D eigenvalue weighted by atomic mass is 32.1. The fraction of sp³-hybridized carbons (Fsp3) is 0.222. The topological polar surface area (TPSA) is 99.9 Å². The van der Waals surface area contributed by atoms with Crippen LogP contribution in [0.15, 0.2) is 22.3 Å². The maximum absolute atomic E-state index is 11.1. The number of carbonyl (C=O) groups excluding carboxylic acids is 1. The molecule has 0 aromatic heterocycles. The van der Waals surface area contributed by atoms with Crippen LogP contribution in [0.25, 0.3) is 0 Å². The first-order valence-electron chi connectivity index (χ1n) is 3.94. The van der Waals surface area contributed by atoms with E-state index in [2.05, 4.69) is 17.4 Å². The number of thiol groups is 1. The third kappa shape index (κ3) is 4.21. The van der Waals surface area contributed by atoms with Gasteiger partial charge in [0.25, 0.3) is 0 Å². The van der Waals surface area contributed by atoms with E-state index in [4.69, 9.17) is 16.3 Å². The van der Waals surface area contributed by atoms with E-state index in [1.807, 2.05) is 0 Å². The maximum Gasteiger partial charge on any atom is 0.348 e. The highest BCUT2D eigenvalue weighted by Gasteiger charge is 2.11. The summed E-state index contributed by atoms with van der Waals surface area (Å²) in [6.07, 6.45) is 1.04. The van der Waals surface area contributed by atoms with Crippen molar-refractivity contribution in [3.63, 3.8) is 0 Å². The first-order valence-corrected chi connectivity index (χ1v) is 4.39. The van der Waals surface area contributed by atoms with Gasteiger partial charge in [0.2, 0.25) is 0 Å². The summed E-state index contributed by atoms with van der Waals surface area (Å²) in [7, 11) is 0. The molecule has 5 nitrogen and oxygen atoms in total. The van der Waals surface area contributed by atoms with Crippen LogP contribution in [0.5, 0.6) is 0 Å². The Morgan fingerprint density at radius 2 is 2.13 bits per heavy atom. The lowest BCUT2D eigenvalue weighted by atomic mass is 10.2. The van der Waals surface area contributed by atoms with Gasteiger partial charge >= 0.3 is 5.97 Å². The normalized spacial score (nSPS) is 12.1. The molecule has 0 bridgehead atoms. The molecule has 0 unspecified atom stereocenters. The third-order valence-electron chi connectivity index (χ3n) is 1.30. The van der Waals surface area contributed by atoms with Gasteiger partial charge < -0.3 is 10.5 Å². The Morgan fingerprint density at radius 3 is 2.47 bits per heavy atom. The molecule has 15 heavy (non-hydrogen) atoms. The molecule has 0 aliphatic heterocycles. The van der Waals surface area contributed by atoms with Crippen molar-refractivity contribution in [2.45, 2.75) is 6.92 Å². The summed E-state index contributed by atoms with van der Waals surface area (Å²) < 4.78 is 4.59. The summed E-state index contributed by atoms with van der Waals surface area (Å²) in [4.78, 5) is 11.1. The maximum atomic E-state index is 11.1. The molecule has 0 aromatic rings. The molecule has 78 valence electrons. The molecule has 0 aliphatic rings. The summed E-state index contributed by atoms with van der Waals surface area (Å²) in [6.45, 7) is 1.76. The number of hydrogen-bond donors (Lipinski definition) is 2. The van der Waals surface area contributed by atoms with E-state index < -0.39 is 5.97 Å². The van der Waals surface area contributed by atoms with Crippen molar-refractivity contribution in [1.82, 2.24) is 0 Å². The molecule has 0 fully saturated rings. The quantitative estimate of drug-likeness (QED) is 0.240. The van der Waals surface area contributed by atoms with Crippen molar-refractivity contribution in [3.05, 3.63) is 22.3 Å². The van der Waals surface area contributed by atoms with Crippen LogP contribution >= 0.6 is 12.6 Å². The molecule has 0 radical (unpaired) electrons.